The monoisotopic (exact) mass is 481 g/mol. The van der Waals surface area contributed by atoms with Crippen molar-refractivity contribution in [2.75, 3.05) is 29.4 Å². The van der Waals surface area contributed by atoms with Gasteiger partial charge in [-0.1, -0.05) is 0 Å². The average Bonchev–Trinajstić information content (AvgIpc) is 3.33. The molecular formula is C21H20F5N7O. The highest BCUT2D eigenvalue weighted by Gasteiger charge is 2.46. The maximum atomic E-state index is 12.8. The normalized spacial score (nSPS) is 18.6. The first kappa shape index (κ1) is 22.4. The fourth-order valence-corrected chi connectivity index (χ4v) is 4.65. The van der Waals surface area contributed by atoms with Crippen LogP contribution in [0.25, 0.3) is 11.2 Å². The number of rotatable bonds is 4. The van der Waals surface area contributed by atoms with E-state index in [1.807, 2.05) is 4.90 Å². The lowest BCUT2D eigenvalue weighted by Gasteiger charge is -2.39. The summed E-state index contributed by atoms with van der Waals surface area (Å²) in [5.41, 5.74) is -0.236. The number of carbonyl (C=O) groups excluding carboxylic acids is 1. The molecule has 2 fully saturated rings. The molecule has 0 radical (unpaired) electrons. The van der Waals surface area contributed by atoms with Crippen molar-refractivity contribution in [3.05, 3.63) is 36.4 Å². The third-order valence-corrected chi connectivity index (χ3v) is 6.46. The Hall–Kier alpha value is -3.38. The SMILES string of the molecule is O=C1CC2(CCN(c3cnc4cnn(CC(F)F)c4n3)CC2)CN1c1ccc(C(F)(F)F)nc1. The zero-order valence-corrected chi connectivity index (χ0v) is 17.8. The van der Waals surface area contributed by atoms with Gasteiger partial charge in [-0.25, -0.2) is 28.4 Å². The minimum atomic E-state index is -4.54. The molecule has 0 bridgehead atoms. The summed E-state index contributed by atoms with van der Waals surface area (Å²) in [5, 5.41) is 3.93. The van der Waals surface area contributed by atoms with Gasteiger partial charge in [0.05, 0.1) is 24.3 Å². The van der Waals surface area contributed by atoms with Crippen LogP contribution in [0.4, 0.5) is 33.5 Å². The van der Waals surface area contributed by atoms with E-state index in [-0.39, 0.29) is 17.0 Å². The molecular weight excluding hydrogens is 461 g/mol. The number of nitrogens with zero attached hydrogens (tertiary/aromatic N) is 7. The molecule has 3 aromatic heterocycles. The van der Waals surface area contributed by atoms with Gasteiger partial charge in [-0.15, -0.1) is 0 Å². The molecule has 1 amide bonds. The number of carbonyl (C=O) groups is 1. The zero-order valence-electron chi connectivity index (χ0n) is 17.8. The second-order valence-corrected chi connectivity index (χ2v) is 8.70. The van der Waals surface area contributed by atoms with Crippen LogP contribution in [0.5, 0.6) is 0 Å². The number of pyridine rings is 1. The first-order valence-electron chi connectivity index (χ1n) is 10.7. The van der Waals surface area contributed by atoms with Crippen LogP contribution in [0.2, 0.25) is 0 Å². The van der Waals surface area contributed by atoms with Crippen LogP contribution < -0.4 is 9.80 Å². The summed E-state index contributed by atoms with van der Waals surface area (Å²) >= 11 is 0. The highest BCUT2D eigenvalue weighted by Crippen LogP contribution is 2.43. The standard InChI is InChI=1S/C21H20F5N7O/c22-16(23)11-33-19-14(9-29-33)27-10-17(30-19)31-5-3-20(4-6-31)7-18(34)32(12-20)13-1-2-15(28-8-13)21(24,25)26/h1-2,8-10,16H,3-7,11-12H2. The van der Waals surface area contributed by atoms with E-state index < -0.39 is 24.8 Å². The molecule has 0 aromatic carbocycles. The molecule has 2 saturated heterocycles. The highest BCUT2D eigenvalue weighted by atomic mass is 19.4. The number of amides is 1. The van der Waals surface area contributed by atoms with Gasteiger partial charge < -0.3 is 9.80 Å². The summed E-state index contributed by atoms with van der Waals surface area (Å²) in [6, 6.07) is 2.15. The smallest absolute Gasteiger partial charge is 0.355 e. The molecule has 2 aliphatic rings. The number of aromatic nitrogens is 5. The molecule has 180 valence electrons. The minimum absolute atomic E-state index is 0.146. The fourth-order valence-electron chi connectivity index (χ4n) is 4.65. The first-order valence-corrected chi connectivity index (χ1v) is 10.7. The Morgan fingerprint density at radius 1 is 1.06 bits per heavy atom. The van der Waals surface area contributed by atoms with E-state index in [0.717, 1.165) is 16.9 Å². The van der Waals surface area contributed by atoms with Gasteiger partial charge in [0, 0.05) is 31.5 Å². The fraction of sp³-hybridized carbons (Fsp3) is 0.476. The van der Waals surface area contributed by atoms with E-state index in [0.29, 0.717) is 55.9 Å². The van der Waals surface area contributed by atoms with Crippen molar-refractivity contribution in [3.8, 4) is 0 Å². The molecule has 0 saturated carbocycles. The van der Waals surface area contributed by atoms with Gasteiger partial charge in [0.25, 0.3) is 6.43 Å². The van der Waals surface area contributed by atoms with E-state index in [4.69, 9.17) is 0 Å². The molecule has 0 N–H and O–H groups in total. The van der Waals surface area contributed by atoms with Gasteiger partial charge in [-0.2, -0.15) is 18.3 Å². The topological polar surface area (TPSA) is 80.0 Å². The largest absolute Gasteiger partial charge is 0.433 e. The van der Waals surface area contributed by atoms with Gasteiger partial charge in [0.2, 0.25) is 5.91 Å². The average molecular weight is 481 g/mol. The number of piperidine rings is 1. The van der Waals surface area contributed by atoms with Crippen LogP contribution in [0.15, 0.2) is 30.7 Å². The molecule has 0 atom stereocenters. The van der Waals surface area contributed by atoms with Crippen molar-refractivity contribution >= 4 is 28.6 Å². The van der Waals surface area contributed by atoms with Gasteiger partial charge in [0.1, 0.15) is 23.6 Å². The lowest BCUT2D eigenvalue weighted by atomic mass is 9.77. The van der Waals surface area contributed by atoms with Crippen molar-refractivity contribution in [2.24, 2.45) is 5.41 Å². The van der Waals surface area contributed by atoms with Crippen LogP contribution in [-0.4, -0.2) is 56.7 Å². The Kier molecular flexibility index (Phi) is 5.36. The van der Waals surface area contributed by atoms with Gasteiger partial charge >= 0.3 is 6.18 Å². The second-order valence-electron chi connectivity index (χ2n) is 8.70. The molecule has 0 aliphatic carbocycles. The molecule has 13 heteroatoms. The lowest BCUT2D eigenvalue weighted by Crippen LogP contribution is -2.42. The summed E-state index contributed by atoms with van der Waals surface area (Å²) in [7, 11) is 0. The first-order chi connectivity index (χ1) is 16.1. The van der Waals surface area contributed by atoms with Crippen molar-refractivity contribution < 1.29 is 26.7 Å². The van der Waals surface area contributed by atoms with Gasteiger partial charge in [-0.3, -0.25) is 4.79 Å². The molecule has 8 nitrogen and oxygen atoms in total. The Morgan fingerprint density at radius 2 is 1.82 bits per heavy atom. The molecule has 34 heavy (non-hydrogen) atoms. The Labute approximate surface area is 190 Å². The summed E-state index contributed by atoms with van der Waals surface area (Å²) < 4.78 is 65.1. The van der Waals surface area contributed by atoms with Gasteiger partial charge in [-0.05, 0) is 25.0 Å². The minimum Gasteiger partial charge on any atom is -0.355 e. The predicted molar refractivity (Wildman–Crippen MR) is 111 cm³/mol. The second kappa shape index (κ2) is 8.13. The number of hydrogen-bond acceptors (Lipinski definition) is 6. The van der Waals surface area contributed by atoms with E-state index in [1.54, 1.807) is 6.20 Å². The Balaban J connectivity index is 1.28. The van der Waals surface area contributed by atoms with Crippen molar-refractivity contribution in [1.29, 1.82) is 0 Å². The van der Waals surface area contributed by atoms with Crippen LogP contribution >= 0.6 is 0 Å². The van der Waals surface area contributed by atoms with Crippen LogP contribution in [0.1, 0.15) is 25.0 Å². The maximum absolute atomic E-state index is 12.8. The number of alkyl halides is 5. The highest BCUT2D eigenvalue weighted by molar-refractivity contribution is 5.96. The van der Waals surface area contributed by atoms with Crippen molar-refractivity contribution in [1.82, 2.24) is 24.7 Å². The zero-order chi connectivity index (χ0) is 24.1. The summed E-state index contributed by atoms with van der Waals surface area (Å²) in [5.74, 6) is 0.401. The van der Waals surface area contributed by atoms with Crippen LogP contribution in [-0.2, 0) is 17.5 Å². The summed E-state index contributed by atoms with van der Waals surface area (Å²) in [6.45, 7) is 0.991. The molecule has 2 aliphatic heterocycles. The number of anilines is 2. The molecule has 3 aromatic rings. The maximum Gasteiger partial charge on any atom is 0.433 e. The molecule has 1 spiro atoms. The van der Waals surface area contributed by atoms with E-state index in [1.165, 1.54) is 17.2 Å². The van der Waals surface area contributed by atoms with E-state index in [2.05, 4.69) is 20.1 Å². The number of fused-ring (bicyclic) bond motifs is 1. The van der Waals surface area contributed by atoms with Crippen molar-refractivity contribution in [2.45, 2.75) is 38.4 Å². The van der Waals surface area contributed by atoms with E-state index in [9.17, 15) is 26.7 Å². The van der Waals surface area contributed by atoms with E-state index >= 15 is 0 Å². The van der Waals surface area contributed by atoms with Gasteiger partial charge in [0.15, 0.2) is 5.65 Å². The van der Waals surface area contributed by atoms with Crippen LogP contribution in [0, 0.1) is 5.41 Å². The van der Waals surface area contributed by atoms with Crippen molar-refractivity contribution in [3.63, 3.8) is 0 Å². The Bertz CT molecular complexity index is 1200. The lowest BCUT2D eigenvalue weighted by molar-refractivity contribution is -0.141. The molecule has 5 rings (SSSR count). The Morgan fingerprint density at radius 3 is 2.47 bits per heavy atom. The third kappa shape index (κ3) is 4.14. The predicted octanol–water partition coefficient (Wildman–Crippen LogP) is 3.53. The van der Waals surface area contributed by atoms with Crippen LogP contribution in [0.3, 0.4) is 0 Å². The number of hydrogen-bond donors (Lipinski definition) is 0. The summed E-state index contributed by atoms with van der Waals surface area (Å²) in [6.07, 6.45) is -1.41. The third-order valence-electron chi connectivity index (χ3n) is 6.46. The number of halogens is 5. The quantitative estimate of drug-likeness (QED) is 0.531. The molecule has 0 unspecified atom stereocenters. The summed E-state index contributed by atoms with van der Waals surface area (Å²) in [4.78, 5) is 28.4. The molecule has 5 heterocycles.